The van der Waals surface area contributed by atoms with Crippen LogP contribution in [0.15, 0.2) is 42.6 Å². The van der Waals surface area contributed by atoms with Crippen LogP contribution >= 0.6 is 11.6 Å². The Labute approximate surface area is 116 Å². The predicted molar refractivity (Wildman–Crippen MR) is 74.5 cm³/mol. The first kappa shape index (κ1) is 12.2. The molecule has 1 atom stereocenters. The van der Waals surface area contributed by atoms with Crippen LogP contribution in [0.5, 0.6) is 0 Å². The van der Waals surface area contributed by atoms with Gasteiger partial charge in [0.05, 0.1) is 5.56 Å². The fraction of sp³-hybridized carbons (Fsp3) is 0.200. The summed E-state index contributed by atoms with van der Waals surface area (Å²) in [5.74, 6) is 0.248. The average molecular weight is 273 g/mol. The molecule has 1 N–H and O–H groups in total. The summed E-state index contributed by atoms with van der Waals surface area (Å²) in [6, 6.07) is 11.7. The molecule has 0 radical (unpaired) electrons. The zero-order chi connectivity index (χ0) is 13.2. The van der Waals surface area contributed by atoms with E-state index in [4.69, 9.17) is 11.6 Å². The molecule has 1 aliphatic carbocycles. The zero-order valence-corrected chi connectivity index (χ0v) is 11.0. The third-order valence-corrected chi connectivity index (χ3v) is 3.78. The lowest BCUT2D eigenvalue weighted by Gasteiger charge is -2.30. The molecule has 3 rings (SSSR count). The van der Waals surface area contributed by atoms with Crippen LogP contribution in [0.25, 0.3) is 0 Å². The van der Waals surface area contributed by atoms with Gasteiger partial charge in [0, 0.05) is 18.7 Å². The van der Waals surface area contributed by atoms with Crippen LogP contribution in [0.1, 0.15) is 27.4 Å². The lowest BCUT2D eigenvalue weighted by Crippen LogP contribution is -2.33. The number of nitrogens with one attached hydrogen (secondary N) is 1. The number of aromatic nitrogens is 1. The predicted octanol–water partition coefficient (Wildman–Crippen LogP) is 2.80. The fourth-order valence-electron chi connectivity index (χ4n) is 2.41. The lowest BCUT2D eigenvalue weighted by atomic mass is 9.77. The number of amides is 1. The number of pyridine rings is 1. The number of carbonyl (C=O) groups excluding carboxylic acids is 1. The molecule has 3 nitrogen and oxygen atoms in total. The summed E-state index contributed by atoms with van der Waals surface area (Å²) in [6.07, 6.45) is 2.60. The van der Waals surface area contributed by atoms with Gasteiger partial charge in [0.2, 0.25) is 0 Å². The molecule has 0 aliphatic heterocycles. The SMILES string of the molecule is O=C(NCC1Cc2ccccc21)c1cccnc1Cl. The third kappa shape index (κ3) is 2.34. The Morgan fingerprint density at radius 1 is 1.32 bits per heavy atom. The molecule has 1 aromatic carbocycles. The van der Waals surface area contributed by atoms with Crippen molar-refractivity contribution in [2.75, 3.05) is 6.54 Å². The van der Waals surface area contributed by atoms with E-state index in [-0.39, 0.29) is 11.1 Å². The van der Waals surface area contributed by atoms with Crippen LogP contribution in [0, 0.1) is 0 Å². The van der Waals surface area contributed by atoms with Gasteiger partial charge in [0.1, 0.15) is 5.15 Å². The van der Waals surface area contributed by atoms with Gasteiger partial charge >= 0.3 is 0 Å². The molecule has 0 fully saturated rings. The quantitative estimate of drug-likeness (QED) is 0.873. The number of rotatable bonds is 3. The monoisotopic (exact) mass is 272 g/mol. The van der Waals surface area contributed by atoms with Gasteiger partial charge in [-0.15, -0.1) is 0 Å². The summed E-state index contributed by atoms with van der Waals surface area (Å²) in [7, 11) is 0. The molecule has 1 heterocycles. The number of carbonyl (C=O) groups is 1. The minimum atomic E-state index is -0.164. The summed E-state index contributed by atoms with van der Waals surface area (Å²) in [5.41, 5.74) is 3.14. The van der Waals surface area contributed by atoms with Crippen molar-refractivity contribution in [3.8, 4) is 0 Å². The molecule has 1 aromatic heterocycles. The van der Waals surface area contributed by atoms with E-state index in [1.165, 1.54) is 11.1 Å². The second-order valence-electron chi connectivity index (χ2n) is 4.65. The highest BCUT2D eigenvalue weighted by molar-refractivity contribution is 6.32. The van der Waals surface area contributed by atoms with Crippen LogP contribution in [-0.4, -0.2) is 17.4 Å². The summed E-state index contributed by atoms with van der Waals surface area (Å²) in [6.45, 7) is 0.640. The number of fused-ring (bicyclic) bond motifs is 1. The first-order valence-electron chi connectivity index (χ1n) is 6.22. The molecule has 1 amide bonds. The Bertz CT molecular complexity index is 627. The number of hydrogen-bond donors (Lipinski definition) is 1. The van der Waals surface area contributed by atoms with Gasteiger partial charge in [-0.25, -0.2) is 4.98 Å². The van der Waals surface area contributed by atoms with E-state index < -0.39 is 0 Å². The second kappa shape index (κ2) is 5.02. The van der Waals surface area contributed by atoms with Crippen molar-refractivity contribution in [2.45, 2.75) is 12.3 Å². The molecule has 0 saturated carbocycles. The summed E-state index contributed by atoms with van der Waals surface area (Å²) in [4.78, 5) is 15.9. The molecule has 19 heavy (non-hydrogen) atoms. The zero-order valence-electron chi connectivity index (χ0n) is 10.3. The Hall–Kier alpha value is -1.87. The Morgan fingerprint density at radius 2 is 2.16 bits per heavy atom. The van der Waals surface area contributed by atoms with E-state index in [1.54, 1.807) is 18.3 Å². The van der Waals surface area contributed by atoms with Gasteiger partial charge in [-0.1, -0.05) is 35.9 Å². The van der Waals surface area contributed by atoms with E-state index in [0.717, 1.165) is 6.42 Å². The van der Waals surface area contributed by atoms with Crippen LogP contribution in [0.3, 0.4) is 0 Å². The van der Waals surface area contributed by atoms with Gasteiger partial charge in [-0.3, -0.25) is 4.79 Å². The molecule has 4 heteroatoms. The molecule has 96 valence electrons. The fourth-order valence-corrected chi connectivity index (χ4v) is 2.62. The molecule has 1 aliphatic rings. The van der Waals surface area contributed by atoms with Crippen LogP contribution in [0.2, 0.25) is 5.15 Å². The van der Waals surface area contributed by atoms with Crippen molar-refractivity contribution in [2.24, 2.45) is 0 Å². The van der Waals surface area contributed by atoms with Crippen LogP contribution < -0.4 is 5.32 Å². The van der Waals surface area contributed by atoms with Crippen LogP contribution in [0.4, 0.5) is 0 Å². The van der Waals surface area contributed by atoms with Crippen LogP contribution in [-0.2, 0) is 6.42 Å². The van der Waals surface area contributed by atoms with Crippen molar-refractivity contribution in [3.63, 3.8) is 0 Å². The van der Waals surface area contributed by atoms with Gasteiger partial charge in [-0.2, -0.15) is 0 Å². The topological polar surface area (TPSA) is 42.0 Å². The maximum absolute atomic E-state index is 12.0. The van der Waals surface area contributed by atoms with Gasteiger partial charge in [-0.05, 0) is 29.7 Å². The Balaban J connectivity index is 1.63. The van der Waals surface area contributed by atoms with Gasteiger partial charge in [0.15, 0.2) is 0 Å². The summed E-state index contributed by atoms with van der Waals surface area (Å²) in [5, 5.41) is 3.16. The van der Waals surface area contributed by atoms with Crippen molar-refractivity contribution in [1.29, 1.82) is 0 Å². The van der Waals surface area contributed by atoms with Crippen molar-refractivity contribution >= 4 is 17.5 Å². The first-order valence-corrected chi connectivity index (χ1v) is 6.60. The number of halogens is 1. The highest BCUT2D eigenvalue weighted by atomic mass is 35.5. The normalized spacial score (nSPS) is 16.4. The van der Waals surface area contributed by atoms with Gasteiger partial charge in [0.25, 0.3) is 5.91 Å². The molecule has 0 spiro atoms. The Morgan fingerprint density at radius 3 is 2.95 bits per heavy atom. The Kier molecular flexibility index (Phi) is 3.22. The van der Waals surface area contributed by atoms with Crippen molar-refractivity contribution < 1.29 is 4.79 Å². The third-order valence-electron chi connectivity index (χ3n) is 3.47. The van der Waals surface area contributed by atoms with E-state index in [1.807, 2.05) is 12.1 Å². The number of benzene rings is 1. The summed E-state index contributed by atoms with van der Waals surface area (Å²) >= 11 is 5.89. The number of nitrogens with zero attached hydrogens (tertiary/aromatic N) is 1. The molecule has 0 bridgehead atoms. The highest BCUT2D eigenvalue weighted by Gasteiger charge is 2.25. The van der Waals surface area contributed by atoms with Gasteiger partial charge < -0.3 is 5.32 Å². The first-order chi connectivity index (χ1) is 9.25. The smallest absolute Gasteiger partial charge is 0.254 e. The second-order valence-corrected chi connectivity index (χ2v) is 5.01. The van der Waals surface area contributed by atoms with E-state index >= 15 is 0 Å². The van der Waals surface area contributed by atoms with E-state index in [9.17, 15) is 4.79 Å². The molecule has 1 unspecified atom stereocenters. The van der Waals surface area contributed by atoms with Crippen molar-refractivity contribution in [3.05, 3.63) is 64.4 Å². The standard InChI is InChI=1S/C15H13ClN2O/c16-14-13(6-3-7-17-14)15(19)18-9-11-8-10-4-1-2-5-12(10)11/h1-7,11H,8-9H2,(H,18,19). The van der Waals surface area contributed by atoms with Crippen molar-refractivity contribution in [1.82, 2.24) is 10.3 Å². The highest BCUT2D eigenvalue weighted by Crippen LogP contribution is 2.34. The maximum atomic E-state index is 12.0. The molecular formula is C15H13ClN2O. The minimum absolute atomic E-state index is 0.164. The van der Waals surface area contributed by atoms with E-state index in [0.29, 0.717) is 18.0 Å². The molecule has 2 aromatic rings. The average Bonchev–Trinajstić information content (AvgIpc) is 2.40. The van der Waals surface area contributed by atoms with E-state index in [2.05, 4.69) is 22.4 Å². The minimum Gasteiger partial charge on any atom is -0.351 e. The maximum Gasteiger partial charge on any atom is 0.254 e. The lowest BCUT2D eigenvalue weighted by molar-refractivity contribution is 0.0950. The summed E-state index contributed by atoms with van der Waals surface area (Å²) < 4.78 is 0. The molecular weight excluding hydrogens is 260 g/mol. The largest absolute Gasteiger partial charge is 0.351 e. The number of hydrogen-bond acceptors (Lipinski definition) is 2. The molecule has 0 saturated heterocycles.